The number of aryl methyl sites for hydroxylation is 1. The Bertz CT molecular complexity index is 943. The lowest BCUT2D eigenvalue weighted by Crippen LogP contribution is -2.37. The van der Waals surface area contributed by atoms with E-state index in [1.54, 1.807) is 11.8 Å². The van der Waals surface area contributed by atoms with Gasteiger partial charge in [0.05, 0.1) is 12.5 Å². The van der Waals surface area contributed by atoms with Crippen molar-refractivity contribution in [1.29, 1.82) is 5.26 Å². The van der Waals surface area contributed by atoms with Crippen LogP contribution in [0.2, 0.25) is 0 Å². The number of amides is 1. The fraction of sp³-hybridized carbons (Fsp3) is 0.250. The Morgan fingerprint density at radius 1 is 1.19 bits per heavy atom. The van der Waals surface area contributed by atoms with Crippen LogP contribution in [0.25, 0.3) is 11.4 Å². The van der Waals surface area contributed by atoms with Gasteiger partial charge in [-0.1, -0.05) is 48.0 Å². The number of benzene rings is 2. The fourth-order valence-electron chi connectivity index (χ4n) is 2.67. The van der Waals surface area contributed by atoms with Gasteiger partial charge < -0.3 is 4.90 Å². The molecule has 1 amide bonds. The molecule has 7 nitrogen and oxygen atoms in total. The highest BCUT2D eigenvalue weighted by Crippen LogP contribution is 2.20. The number of carbonyl (C=O) groups is 1. The van der Waals surface area contributed by atoms with Crippen LogP contribution in [0.3, 0.4) is 0 Å². The van der Waals surface area contributed by atoms with Crippen LogP contribution in [0.4, 0.5) is 5.69 Å². The quantitative estimate of drug-likeness (QED) is 0.674. The highest BCUT2D eigenvalue weighted by molar-refractivity contribution is 5.95. The van der Waals surface area contributed by atoms with Crippen LogP contribution in [0.15, 0.2) is 54.6 Å². The standard InChI is InChI=1S/C20H20N6O/c1-15-9-11-17(12-10-15)19-22-24-26(23-19)16(2)20(27)25(14-6-13-21)18-7-4-3-5-8-18/h3-5,7-12,16H,6,14H2,1-2H3/t16-/m0/s1. The molecule has 136 valence electrons. The van der Waals surface area contributed by atoms with Crippen LogP contribution in [-0.2, 0) is 4.79 Å². The molecule has 0 aliphatic heterocycles. The second kappa shape index (κ2) is 8.23. The number of rotatable bonds is 6. The second-order valence-electron chi connectivity index (χ2n) is 6.21. The molecule has 1 heterocycles. The Kier molecular flexibility index (Phi) is 5.57. The van der Waals surface area contributed by atoms with Gasteiger partial charge in [-0.05, 0) is 31.2 Å². The first-order valence-corrected chi connectivity index (χ1v) is 8.70. The summed E-state index contributed by atoms with van der Waals surface area (Å²) in [6.45, 7) is 4.04. The SMILES string of the molecule is Cc1ccc(-c2nnn([C@@H](C)C(=O)N(CCC#N)c3ccccc3)n2)cc1. The average Bonchev–Trinajstić information content (AvgIpc) is 3.19. The predicted molar refractivity (Wildman–Crippen MR) is 102 cm³/mol. The number of hydrogen-bond acceptors (Lipinski definition) is 5. The smallest absolute Gasteiger partial charge is 0.253 e. The topological polar surface area (TPSA) is 87.7 Å². The van der Waals surface area contributed by atoms with Gasteiger partial charge in [-0.15, -0.1) is 10.2 Å². The Balaban J connectivity index is 1.83. The number of para-hydroxylation sites is 1. The largest absolute Gasteiger partial charge is 0.309 e. The summed E-state index contributed by atoms with van der Waals surface area (Å²) in [5.41, 5.74) is 2.73. The van der Waals surface area contributed by atoms with Crippen LogP contribution < -0.4 is 4.90 Å². The maximum atomic E-state index is 13.0. The molecule has 1 atom stereocenters. The van der Waals surface area contributed by atoms with E-state index >= 15 is 0 Å². The van der Waals surface area contributed by atoms with Crippen LogP contribution >= 0.6 is 0 Å². The van der Waals surface area contributed by atoms with Gasteiger partial charge in [0, 0.05) is 17.8 Å². The molecule has 0 fully saturated rings. The first kappa shape index (κ1) is 18.3. The average molecular weight is 360 g/mol. The van der Waals surface area contributed by atoms with Crippen LogP contribution in [0, 0.1) is 18.3 Å². The zero-order chi connectivity index (χ0) is 19.2. The van der Waals surface area contributed by atoms with Crippen LogP contribution in [-0.4, -0.2) is 32.7 Å². The minimum Gasteiger partial charge on any atom is -0.309 e. The Morgan fingerprint density at radius 3 is 2.56 bits per heavy atom. The molecule has 1 aromatic heterocycles. The zero-order valence-corrected chi connectivity index (χ0v) is 15.3. The molecule has 7 heteroatoms. The van der Waals surface area contributed by atoms with Crippen LogP contribution in [0.1, 0.15) is 24.9 Å². The van der Waals surface area contributed by atoms with Crippen molar-refractivity contribution in [2.24, 2.45) is 0 Å². The lowest BCUT2D eigenvalue weighted by Gasteiger charge is -2.24. The number of anilines is 1. The molecule has 0 unspecified atom stereocenters. The minimum absolute atomic E-state index is 0.190. The van der Waals surface area contributed by atoms with Crippen molar-refractivity contribution < 1.29 is 4.79 Å². The van der Waals surface area contributed by atoms with Gasteiger partial charge in [0.1, 0.15) is 6.04 Å². The Morgan fingerprint density at radius 2 is 1.89 bits per heavy atom. The minimum atomic E-state index is -0.643. The van der Waals surface area contributed by atoms with E-state index in [2.05, 4.69) is 21.5 Å². The van der Waals surface area contributed by atoms with E-state index in [1.165, 1.54) is 4.80 Å². The van der Waals surface area contributed by atoms with E-state index in [4.69, 9.17) is 5.26 Å². The van der Waals surface area contributed by atoms with Crippen molar-refractivity contribution in [3.63, 3.8) is 0 Å². The second-order valence-corrected chi connectivity index (χ2v) is 6.21. The molecule has 3 aromatic rings. The third kappa shape index (κ3) is 4.18. The molecular weight excluding hydrogens is 340 g/mol. The third-order valence-corrected chi connectivity index (χ3v) is 4.22. The summed E-state index contributed by atoms with van der Waals surface area (Å²) in [4.78, 5) is 15.9. The molecule has 0 saturated carbocycles. The molecule has 0 bridgehead atoms. The first-order valence-electron chi connectivity index (χ1n) is 8.70. The van der Waals surface area contributed by atoms with E-state index in [1.807, 2.05) is 61.5 Å². The highest BCUT2D eigenvalue weighted by Gasteiger charge is 2.25. The monoisotopic (exact) mass is 360 g/mol. The van der Waals surface area contributed by atoms with E-state index in [0.29, 0.717) is 12.4 Å². The van der Waals surface area contributed by atoms with Gasteiger partial charge >= 0.3 is 0 Å². The molecule has 0 saturated heterocycles. The van der Waals surface area contributed by atoms with Gasteiger partial charge in [-0.25, -0.2) is 0 Å². The first-order chi connectivity index (χ1) is 13.1. The fourth-order valence-corrected chi connectivity index (χ4v) is 2.67. The number of hydrogen-bond donors (Lipinski definition) is 0. The molecule has 0 aliphatic carbocycles. The van der Waals surface area contributed by atoms with E-state index < -0.39 is 6.04 Å². The Labute approximate surface area is 157 Å². The van der Waals surface area contributed by atoms with Crippen molar-refractivity contribution in [1.82, 2.24) is 20.2 Å². The number of nitriles is 1. The van der Waals surface area contributed by atoms with E-state index in [-0.39, 0.29) is 12.3 Å². The zero-order valence-electron chi connectivity index (χ0n) is 15.3. The molecule has 0 spiro atoms. The van der Waals surface area contributed by atoms with Crippen molar-refractivity contribution in [3.8, 4) is 17.5 Å². The highest BCUT2D eigenvalue weighted by atomic mass is 16.2. The number of aromatic nitrogens is 4. The predicted octanol–water partition coefficient (Wildman–Crippen LogP) is 3.16. The number of nitrogens with zero attached hydrogens (tertiary/aromatic N) is 6. The van der Waals surface area contributed by atoms with E-state index in [9.17, 15) is 4.79 Å². The summed E-state index contributed by atoms with van der Waals surface area (Å²) in [6, 6.07) is 18.5. The van der Waals surface area contributed by atoms with E-state index in [0.717, 1.165) is 16.8 Å². The molecule has 2 aromatic carbocycles. The molecule has 0 N–H and O–H groups in total. The van der Waals surface area contributed by atoms with Crippen molar-refractivity contribution in [3.05, 3.63) is 60.2 Å². The summed E-state index contributed by atoms with van der Waals surface area (Å²) in [5.74, 6) is 0.280. The van der Waals surface area contributed by atoms with Gasteiger partial charge in [0.15, 0.2) is 0 Å². The lowest BCUT2D eigenvalue weighted by atomic mass is 10.1. The van der Waals surface area contributed by atoms with Gasteiger partial charge in [-0.2, -0.15) is 10.1 Å². The normalized spacial score (nSPS) is 11.6. The van der Waals surface area contributed by atoms with Gasteiger partial charge in [0.25, 0.3) is 5.91 Å². The van der Waals surface area contributed by atoms with Crippen molar-refractivity contribution in [2.75, 3.05) is 11.4 Å². The molecule has 3 rings (SSSR count). The summed E-state index contributed by atoms with van der Waals surface area (Å²) < 4.78 is 0. The Hall–Kier alpha value is -3.53. The van der Waals surface area contributed by atoms with Gasteiger partial charge in [0.2, 0.25) is 5.82 Å². The van der Waals surface area contributed by atoms with Crippen molar-refractivity contribution >= 4 is 11.6 Å². The lowest BCUT2D eigenvalue weighted by molar-refractivity contribution is -0.121. The third-order valence-electron chi connectivity index (χ3n) is 4.22. The summed E-state index contributed by atoms with van der Waals surface area (Å²) >= 11 is 0. The summed E-state index contributed by atoms with van der Waals surface area (Å²) in [5, 5.41) is 21.4. The molecule has 0 radical (unpaired) electrons. The van der Waals surface area contributed by atoms with Crippen LogP contribution in [0.5, 0.6) is 0 Å². The molecule has 27 heavy (non-hydrogen) atoms. The summed E-state index contributed by atoms with van der Waals surface area (Å²) in [7, 11) is 0. The summed E-state index contributed by atoms with van der Waals surface area (Å²) in [6.07, 6.45) is 0.243. The number of tetrazole rings is 1. The number of carbonyl (C=O) groups excluding carboxylic acids is 1. The van der Waals surface area contributed by atoms with Crippen molar-refractivity contribution in [2.45, 2.75) is 26.3 Å². The molecular formula is C20H20N6O. The van der Waals surface area contributed by atoms with Gasteiger partial charge in [-0.3, -0.25) is 4.79 Å². The molecule has 0 aliphatic rings. The maximum absolute atomic E-state index is 13.0. The maximum Gasteiger partial charge on any atom is 0.253 e.